The van der Waals surface area contributed by atoms with E-state index in [0.717, 1.165) is 19.4 Å². The highest BCUT2D eigenvalue weighted by Gasteiger charge is 2.24. The van der Waals surface area contributed by atoms with Gasteiger partial charge in [-0.15, -0.1) is 0 Å². The van der Waals surface area contributed by atoms with Gasteiger partial charge >= 0.3 is 0 Å². The molecule has 10 heavy (non-hydrogen) atoms. The Morgan fingerprint density at radius 1 is 1.70 bits per heavy atom. The monoisotopic (exact) mass is 146 g/mol. The third kappa shape index (κ3) is 1.94. The third-order valence-electron chi connectivity index (χ3n) is 1.84. The first-order valence-electron chi connectivity index (χ1n) is 3.62. The van der Waals surface area contributed by atoms with Crippen LogP contribution >= 0.6 is 0 Å². The van der Waals surface area contributed by atoms with E-state index in [0.29, 0.717) is 5.92 Å². The van der Waals surface area contributed by atoms with E-state index >= 15 is 0 Å². The van der Waals surface area contributed by atoms with Crippen LogP contribution in [0.2, 0.25) is 0 Å². The highest BCUT2D eigenvalue weighted by Crippen LogP contribution is 2.21. The molecule has 0 aromatic heterocycles. The van der Waals surface area contributed by atoms with Gasteiger partial charge in [0.15, 0.2) is 6.29 Å². The molecule has 1 saturated heterocycles. The molecule has 1 fully saturated rings. The molecule has 0 saturated carbocycles. The summed E-state index contributed by atoms with van der Waals surface area (Å²) in [6, 6.07) is 0. The van der Waals surface area contributed by atoms with Gasteiger partial charge in [0, 0.05) is 20.1 Å². The smallest absolute Gasteiger partial charge is 0.157 e. The largest absolute Gasteiger partial charge is 0.396 e. The zero-order chi connectivity index (χ0) is 7.40. The Bertz CT molecular complexity index is 94.9. The maximum Gasteiger partial charge on any atom is 0.157 e. The minimum atomic E-state index is -0.0310. The van der Waals surface area contributed by atoms with Gasteiger partial charge in [0.25, 0.3) is 0 Å². The lowest BCUT2D eigenvalue weighted by Crippen LogP contribution is -2.06. The molecule has 0 spiro atoms. The summed E-state index contributed by atoms with van der Waals surface area (Å²) in [6.45, 7) is 0.990. The molecule has 0 aromatic rings. The average Bonchev–Trinajstić information content (AvgIpc) is 2.37. The maximum atomic E-state index is 8.59. The summed E-state index contributed by atoms with van der Waals surface area (Å²) in [5.41, 5.74) is 0. The lowest BCUT2D eigenvalue weighted by atomic mass is 10.1. The molecule has 1 heterocycles. The summed E-state index contributed by atoms with van der Waals surface area (Å²) in [5.74, 6) is 0.495. The van der Waals surface area contributed by atoms with Crippen LogP contribution in [0.3, 0.4) is 0 Å². The first kappa shape index (κ1) is 7.98. The van der Waals surface area contributed by atoms with Crippen molar-refractivity contribution in [2.24, 2.45) is 5.92 Å². The Morgan fingerprint density at radius 2 is 2.50 bits per heavy atom. The molecule has 60 valence electrons. The molecule has 1 rings (SSSR count). The summed E-state index contributed by atoms with van der Waals surface area (Å²) in [4.78, 5) is 0. The van der Waals surface area contributed by atoms with Crippen LogP contribution in [-0.2, 0) is 9.47 Å². The molecule has 0 bridgehead atoms. The molecule has 1 aliphatic heterocycles. The summed E-state index contributed by atoms with van der Waals surface area (Å²) >= 11 is 0. The van der Waals surface area contributed by atoms with Gasteiger partial charge < -0.3 is 14.6 Å². The van der Waals surface area contributed by atoms with Crippen molar-refractivity contribution in [3.63, 3.8) is 0 Å². The van der Waals surface area contributed by atoms with Crippen LogP contribution in [0.4, 0.5) is 0 Å². The zero-order valence-electron chi connectivity index (χ0n) is 6.25. The van der Waals surface area contributed by atoms with E-state index in [1.165, 1.54) is 0 Å². The van der Waals surface area contributed by atoms with E-state index in [4.69, 9.17) is 14.6 Å². The van der Waals surface area contributed by atoms with Crippen molar-refractivity contribution < 1.29 is 14.6 Å². The molecule has 0 aliphatic carbocycles. The Hall–Kier alpha value is -0.120. The molecular formula is C7H14O3. The Morgan fingerprint density at radius 3 is 3.00 bits per heavy atom. The number of methoxy groups -OCH3 is 1. The van der Waals surface area contributed by atoms with Crippen molar-refractivity contribution in [2.45, 2.75) is 19.1 Å². The first-order chi connectivity index (χ1) is 4.86. The van der Waals surface area contributed by atoms with E-state index in [2.05, 4.69) is 0 Å². The van der Waals surface area contributed by atoms with Gasteiger partial charge in [-0.2, -0.15) is 0 Å². The SMILES string of the molecule is COC1C[C@@H](CCO)CO1. The second-order valence-corrected chi connectivity index (χ2v) is 2.61. The highest BCUT2D eigenvalue weighted by atomic mass is 16.7. The molecule has 2 atom stereocenters. The van der Waals surface area contributed by atoms with Crippen LogP contribution in [0.15, 0.2) is 0 Å². The molecule has 3 heteroatoms. The number of aliphatic hydroxyl groups is 1. The molecule has 1 aliphatic rings. The van der Waals surface area contributed by atoms with E-state index in [1.807, 2.05) is 0 Å². The van der Waals surface area contributed by atoms with Gasteiger partial charge in [0.1, 0.15) is 0 Å². The minimum Gasteiger partial charge on any atom is -0.396 e. The fourth-order valence-electron chi connectivity index (χ4n) is 1.20. The minimum absolute atomic E-state index is 0.0310. The second kappa shape index (κ2) is 3.91. The second-order valence-electron chi connectivity index (χ2n) is 2.61. The summed E-state index contributed by atoms with van der Waals surface area (Å²) < 4.78 is 10.2. The summed E-state index contributed by atoms with van der Waals surface area (Å²) in [6.07, 6.45) is 1.73. The summed E-state index contributed by atoms with van der Waals surface area (Å²) in [7, 11) is 1.64. The van der Waals surface area contributed by atoms with Gasteiger partial charge in [-0.3, -0.25) is 0 Å². The van der Waals surface area contributed by atoms with Crippen LogP contribution in [-0.4, -0.2) is 31.7 Å². The fraction of sp³-hybridized carbons (Fsp3) is 1.00. The van der Waals surface area contributed by atoms with Crippen LogP contribution in [0.5, 0.6) is 0 Å². The third-order valence-corrected chi connectivity index (χ3v) is 1.84. The molecule has 1 N–H and O–H groups in total. The van der Waals surface area contributed by atoms with Gasteiger partial charge in [0.2, 0.25) is 0 Å². The number of hydrogen-bond acceptors (Lipinski definition) is 3. The molecule has 0 radical (unpaired) electrons. The Kier molecular flexibility index (Phi) is 3.12. The molecule has 3 nitrogen and oxygen atoms in total. The quantitative estimate of drug-likeness (QED) is 0.625. The predicted molar refractivity (Wildman–Crippen MR) is 36.6 cm³/mol. The number of ether oxygens (including phenoxy) is 2. The highest BCUT2D eigenvalue weighted by molar-refractivity contribution is 4.66. The average molecular weight is 146 g/mol. The number of hydrogen-bond donors (Lipinski definition) is 1. The topological polar surface area (TPSA) is 38.7 Å². The molecule has 1 unspecified atom stereocenters. The first-order valence-corrected chi connectivity index (χ1v) is 3.62. The Balaban J connectivity index is 2.15. The molecule has 0 amide bonds. The predicted octanol–water partition coefficient (Wildman–Crippen LogP) is 0.378. The van der Waals surface area contributed by atoms with E-state index < -0.39 is 0 Å². The fourth-order valence-corrected chi connectivity index (χ4v) is 1.20. The number of aliphatic hydroxyl groups excluding tert-OH is 1. The van der Waals surface area contributed by atoms with Crippen molar-refractivity contribution >= 4 is 0 Å². The lowest BCUT2D eigenvalue weighted by Gasteiger charge is -2.04. The number of rotatable bonds is 3. The molecular weight excluding hydrogens is 132 g/mol. The van der Waals surface area contributed by atoms with Crippen LogP contribution in [0.25, 0.3) is 0 Å². The van der Waals surface area contributed by atoms with E-state index in [9.17, 15) is 0 Å². The van der Waals surface area contributed by atoms with Gasteiger partial charge in [-0.25, -0.2) is 0 Å². The zero-order valence-corrected chi connectivity index (χ0v) is 6.25. The van der Waals surface area contributed by atoms with Crippen molar-refractivity contribution in [2.75, 3.05) is 20.3 Å². The van der Waals surface area contributed by atoms with Crippen LogP contribution < -0.4 is 0 Å². The van der Waals surface area contributed by atoms with Crippen molar-refractivity contribution in [3.8, 4) is 0 Å². The van der Waals surface area contributed by atoms with Gasteiger partial charge in [-0.1, -0.05) is 0 Å². The van der Waals surface area contributed by atoms with Gasteiger partial charge in [-0.05, 0) is 12.3 Å². The maximum absolute atomic E-state index is 8.59. The Labute approximate surface area is 60.9 Å². The summed E-state index contributed by atoms with van der Waals surface area (Å²) in [5, 5.41) is 8.59. The van der Waals surface area contributed by atoms with Crippen molar-refractivity contribution in [1.82, 2.24) is 0 Å². The normalized spacial score (nSPS) is 33.0. The van der Waals surface area contributed by atoms with E-state index in [1.54, 1.807) is 7.11 Å². The van der Waals surface area contributed by atoms with Crippen LogP contribution in [0, 0.1) is 5.92 Å². The van der Waals surface area contributed by atoms with E-state index in [-0.39, 0.29) is 12.9 Å². The standard InChI is InChI=1S/C7H14O3/c1-9-7-4-6(2-3-8)5-10-7/h6-8H,2-5H2,1H3/t6-,7?/m1/s1. The lowest BCUT2D eigenvalue weighted by molar-refractivity contribution is -0.0881. The van der Waals surface area contributed by atoms with Crippen LogP contribution in [0.1, 0.15) is 12.8 Å². The molecule has 0 aromatic carbocycles. The van der Waals surface area contributed by atoms with Crippen molar-refractivity contribution in [1.29, 1.82) is 0 Å². The van der Waals surface area contributed by atoms with Crippen molar-refractivity contribution in [3.05, 3.63) is 0 Å². The van der Waals surface area contributed by atoms with Gasteiger partial charge in [0.05, 0.1) is 6.61 Å².